The van der Waals surface area contributed by atoms with Crippen LogP contribution in [0.25, 0.3) is 0 Å². The van der Waals surface area contributed by atoms with Gasteiger partial charge in [-0.2, -0.15) is 0 Å². The monoisotopic (exact) mass is 477 g/mol. The smallest absolute Gasteiger partial charge is 0.145 e. The van der Waals surface area contributed by atoms with E-state index in [0.29, 0.717) is 0 Å². The fourth-order valence-electron chi connectivity index (χ4n) is 5.15. The fourth-order valence-corrected chi connectivity index (χ4v) is 5.15. The zero-order valence-corrected chi connectivity index (χ0v) is 22.1. The number of hydrogen-bond acceptors (Lipinski definition) is 4. The minimum absolute atomic E-state index is 0.167. The molecule has 0 radical (unpaired) electrons. The van der Waals surface area contributed by atoms with Crippen molar-refractivity contribution in [3.8, 4) is 0 Å². The first-order valence-electron chi connectivity index (χ1n) is 12.4. The zero-order chi connectivity index (χ0) is 25.4. The van der Waals surface area contributed by atoms with Gasteiger partial charge in [0.1, 0.15) is 11.7 Å². The Morgan fingerprint density at radius 2 is 0.944 bits per heavy atom. The summed E-state index contributed by atoms with van der Waals surface area (Å²) in [5, 5.41) is 0. The quantitative estimate of drug-likeness (QED) is 0.325. The highest BCUT2D eigenvalue weighted by molar-refractivity contribution is 5.60. The van der Waals surface area contributed by atoms with Crippen molar-refractivity contribution in [3.63, 3.8) is 0 Å². The third-order valence-corrected chi connectivity index (χ3v) is 7.21. The maximum Gasteiger partial charge on any atom is 0.145 e. The first-order valence-corrected chi connectivity index (χ1v) is 12.4. The van der Waals surface area contributed by atoms with E-state index in [1.54, 1.807) is 0 Å². The lowest BCUT2D eigenvalue weighted by Crippen LogP contribution is -2.29. The Bertz CT molecular complexity index is 1270. The van der Waals surface area contributed by atoms with Crippen molar-refractivity contribution in [2.45, 2.75) is 11.7 Å². The molecule has 0 saturated heterocycles. The Labute approximate surface area is 215 Å². The minimum atomic E-state index is -0.711. The Kier molecular flexibility index (Phi) is 6.23. The molecule has 36 heavy (non-hydrogen) atoms. The molecule has 0 aliphatic carbocycles. The molecule has 0 N–H and O–H groups in total. The SMILES string of the molecule is CN(C)c1ccc(C2OC(c3ccc(N(C)C)cc3)(c3ccc(N(C)C)cc3)c3ccccc32)cc1. The van der Waals surface area contributed by atoms with Crippen LogP contribution in [0.1, 0.15) is 33.9 Å². The molecule has 184 valence electrons. The van der Waals surface area contributed by atoms with Crippen LogP contribution in [0.15, 0.2) is 97.1 Å². The Morgan fingerprint density at radius 3 is 1.39 bits per heavy atom. The Hall–Kier alpha value is -3.76. The van der Waals surface area contributed by atoms with E-state index in [1.165, 1.54) is 28.2 Å². The second kappa shape index (κ2) is 9.36. The second-order valence-electron chi connectivity index (χ2n) is 10.1. The topological polar surface area (TPSA) is 19.0 Å². The van der Waals surface area contributed by atoms with E-state index in [0.717, 1.165) is 16.7 Å². The summed E-state index contributed by atoms with van der Waals surface area (Å²) in [4.78, 5) is 6.37. The summed E-state index contributed by atoms with van der Waals surface area (Å²) in [5.74, 6) is 0. The number of anilines is 3. The van der Waals surface area contributed by atoms with Gasteiger partial charge in [-0.05, 0) is 64.2 Å². The van der Waals surface area contributed by atoms with Crippen molar-refractivity contribution < 1.29 is 4.74 Å². The molecule has 0 saturated carbocycles. The maximum atomic E-state index is 7.24. The third-order valence-electron chi connectivity index (χ3n) is 7.21. The van der Waals surface area contributed by atoms with Crippen LogP contribution < -0.4 is 14.7 Å². The molecule has 0 bridgehead atoms. The minimum Gasteiger partial charge on any atom is -0.378 e. The predicted octanol–water partition coefficient (Wildman–Crippen LogP) is 6.30. The molecule has 4 nitrogen and oxygen atoms in total. The van der Waals surface area contributed by atoms with Gasteiger partial charge in [-0.3, -0.25) is 0 Å². The van der Waals surface area contributed by atoms with Crippen LogP contribution in [0.4, 0.5) is 17.1 Å². The van der Waals surface area contributed by atoms with Crippen molar-refractivity contribution in [2.24, 2.45) is 0 Å². The van der Waals surface area contributed by atoms with E-state index in [2.05, 4.69) is 154 Å². The second-order valence-corrected chi connectivity index (χ2v) is 10.1. The van der Waals surface area contributed by atoms with Gasteiger partial charge in [0.05, 0.1) is 0 Å². The van der Waals surface area contributed by atoms with Crippen molar-refractivity contribution in [1.29, 1.82) is 0 Å². The number of ether oxygens (including phenoxy) is 1. The standard InChI is InChI=1S/C32H35N3O/c1-33(2)26-17-11-23(12-18-26)31-29-9-7-8-10-30(29)32(36-31,24-13-19-27(20-14-24)34(3)4)25-15-21-28(22-16-25)35(5)6/h7-22,31H,1-6H3. The van der Waals surface area contributed by atoms with Gasteiger partial charge < -0.3 is 19.4 Å². The molecule has 4 aromatic carbocycles. The van der Waals surface area contributed by atoms with E-state index in [-0.39, 0.29) is 6.10 Å². The van der Waals surface area contributed by atoms with Crippen molar-refractivity contribution in [2.75, 3.05) is 57.0 Å². The average Bonchev–Trinajstić information content (AvgIpc) is 3.25. The summed E-state index contributed by atoms with van der Waals surface area (Å²) < 4.78 is 7.24. The summed E-state index contributed by atoms with van der Waals surface area (Å²) in [6.07, 6.45) is -0.167. The number of nitrogens with zero attached hydrogens (tertiary/aromatic N) is 3. The van der Waals surface area contributed by atoms with Crippen LogP contribution in [-0.2, 0) is 10.3 Å². The molecule has 0 aromatic heterocycles. The predicted molar refractivity (Wildman–Crippen MR) is 152 cm³/mol. The third kappa shape index (κ3) is 4.02. The summed E-state index contributed by atoms with van der Waals surface area (Å²) in [5.41, 5.74) is 8.62. The van der Waals surface area contributed by atoms with Crippen LogP contribution in [0.5, 0.6) is 0 Å². The van der Waals surface area contributed by atoms with Gasteiger partial charge in [0.15, 0.2) is 0 Å². The maximum absolute atomic E-state index is 7.24. The first-order chi connectivity index (χ1) is 17.3. The largest absolute Gasteiger partial charge is 0.378 e. The van der Waals surface area contributed by atoms with E-state index >= 15 is 0 Å². The zero-order valence-electron chi connectivity index (χ0n) is 22.1. The molecular formula is C32H35N3O. The molecule has 0 spiro atoms. The van der Waals surface area contributed by atoms with E-state index in [9.17, 15) is 0 Å². The molecule has 4 heteroatoms. The lowest BCUT2D eigenvalue weighted by Gasteiger charge is -2.33. The van der Waals surface area contributed by atoms with Crippen molar-refractivity contribution in [3.05, 3.63) is 125 Å². The molecule has 1 unspecified atom stereocenters. The Morgan fingerprint density at radius 1 is 0.528 bits per heavy atom. The molecule has 1 atom stereocenters. The number of hydrogen-bond donors (Lipinski definition) is 0. The molecule has 1 aliphatic rings. The number of fused-ring (bicyclic) bond motifs is 1. The van der Waals surface area contributed by atoms with Crippen molar-refractivity contribution in [1.82, 2.24) is 0 Å². The highest BCUT2D eigenvalue weighted by Gasteiger charge is 2.48. The van der Waals surface area contributed by atoms with Crippen LogP contribution in [0.2, 0.25) is 0 Å². The van der Waals surface area contributed by atoms with Crippen molar-refractivity contribution >= 4 is 17.1 Å². The van der Waals surface area contributed by atoms with Crippen LogP contribution in [0.3, 0.4) is 0 Å². The highest BCUT2D eigenvalue weighted by atomic mass is 16.5. The first kappa shape index (κ1) is 24.0. The lowest BCUT2D eigenvalue weighted by atomic mass is 9.79. The van der Waals surface area contributed by atoms with Gasteiger partial charge >= 0.3 is 0 Å². The van der Waals surface area contributed by atoms with Crippen LogP contribution in [0, 0.1) is 0 Å². The average molecular weight is 478 g/mol. The Balaban J connectivity index is 1.70. The van der Waals surface area contributed by atoms with Crippen LogP contribution in [-0.4, -0.2) is 42.3 Å². The van der Waals surface area contributed by atoms with Gasteiger partial charge in [-0.1, -0.05) is 60.7 Å². The van der Waals surface area contributed by atoms with Gasteiger partial charge in [-0.15, -0.1) is 0 Å². The van der Waals surface area contributed by atoms with E-state index < -0.39 is 5.60 Å². The molecule has 0 fully saturated rings. The summed E-state index contributed by atoms with van der Waals surface area (Å²) in [6.45, 7) is 0. The molecule has 4 aromatic rings. The van der Waals surface area contributed by atoms with E-state index in [4.69, 9.17) is 4.74 Å². The molecule has 1 aliphatic heterocycles. The van der Waals surface area contributed by atoms with Gasteiger partial charge in [-0.25, -0.2) is 0 Å². The summed E-state index contributed by atoms with van der Waals surface area (Å²) in [6, 6.07) is 34.9. The van der Waals surface area contributed by atoms with Gasteiger partial charge in [0, 0.05) is 59.3 Å². The highest BCUT2D eigenvalue weighted by Crippen LogP contribution is 2.53. The number of benzene rings is 4. The normalized spacial score (nSPS) is 15.9. The molecular weight excluding hydrogens is 442 g/mol. The molecule has 5 rings (SSSR count). The van der Waals surface area contributed by atoms with Gasteiger partial charge in [0.2, 0.25) is 0 Å². The lowest BCUT2D eigenvalue weighted by molar-refractivity contribution is -0.00245. The summed E-state index contributed by atoms with van der Waals surface area (Å²) >= 11 is 0. The van der Waals surface area contributed by atoms with E-state index in [1.807, 2.05) is 0 Å². The summed E-state index contributed by atoms with van der Waals surface area (Å²) in [7, 11) is 12.4. The van der Waals surface area contributed by atoms with Crippen LogP contribution >= 0.6 is 0 Å². The molecule has 1 heterocycles. The van der Waals surface area contributed by atoms with Gasteiger partial charge in [0.25, 0.3) is 0 Å². The molecule has 0 amide bonds. The number of rotatable bonds is 6. The fraction of sp³-hybridized carbons (Fsp3) is 0.250.